The fraction of sp³-hybridized carbons (Fsp3) is 0.727. The SMILES string of the molecule is CCOC(C)(C)CNC(=O)NC(CC(=O)O)C(=O)O. The molecule has 2 amide bonds. The van der Waals surface area contributed by atoms with Gasteiger partial charge in [0.05, 0.1) is 12.0 Å². The van der Waals surface area contributed by atoms with E-state index in [0.717, 1.165) is 0 Å². The maximum Gasteiger partial charge on any atom is 0.326 e. The average Bonchev–Trinajstić information content (AvgIpc) is 2.25. The zero-order valence-electron chi connectivity index (χ0n) is 11.2. The van der Waals surface area contributed by atoms with Crippen LogP contribution in [0.2, 0.25) is 0 Å². The van der Waals surface area contributed by atoms with Crippen molar-refractivity contribution < 1.29 is 29.3 Å². The van der Waals surface area contributed by atoms with Crippen LogP contribution in [0.1, 0.15) is 27.2 Å². The normalized spacial score (nSPS) is 12.6. The predicted molar refractivity (Wildman–Crippen MR) is 65.9 cm³/mol. The third-order valence-corrected chi connectivity index (χ3v) is 2.19. The summed E-state index contributed by atoms with van der Waals surface area (Å²) in [6, 6.07) is -2.21. The highest BCUT2D eigenvalue weighted by molar-refractivity contribution is 5.86. The predicted octanol–water partition coefficient (Wildman–Crippen LogP) is 0.0286. The Morgan fingerprint density at radius 2 is 1.84 bits per heavy atom. The molecule has 19 heavy (non-hydrogen) atoms. The van der Waals surface area contributed by atoms with Crippen LogP contribution in [-0.2, 0) is 14.3 Å². The number of rotatable bonds is 8. The summed E-state index contributed by atoms with van der Waals surface area (Å²) in [5.41, 5.74) is -0.586. The lowest BCUT2D eigenvalue weighted by Crippen LogP contribution is -2.50. The van der Waals surface area contributed by atoms with Crippen LogP contribution in [0.4, 0.5) is 4.79 Å². The van der Waals surface area contributed by atoms with Crippen molar-refractivity contribution in [1.29, 1.82) is 0 Å². The van der Waals surface area contributed by atoms with Crippen LogP contribution in [0.5, 0.6) is 0 Å². The number of urea groups is 1. The van der Waals surface area contributed by atoms with Gasteiger partial charge in [-0.25, -0.2) is 9.59 Å². The van der Waals surface area contributed by atoms with Crippen molar-refractivity contribution in [2.24, 2.45) is 0 Å². The second-order valence-corrected chi connectivity index (χ2v) is 4.51. The first-order valence-corrected chi connectivity index (χ1v) is 5.81. The summed E-state index contributed by atoms with van der Waals surface area (Å²) in [6.07, 6.45) is -0.683. The molecule has 0 heterocycles. The van der Waals surface area contributed by atoms with E-state index in [1.54, 1.807) is 13.8 Å². The molecule has 0 saturated heterocycles. The summed E-state index contributed by atoms with van der Waals surface area (Å²) in [5, 5.41) is 21.8. The minimum Gasteiger partial charge on any atom is -0.481 e. The molecule has 0 rings (SSSR count). The molecule has 0 aromatic carbocycles. The number of hydrogen-bond donors (Lipinski definition) is 4. The summed E-state index contributed by atoms with van der Waals surface area (Å²) >= 11 is 0. The van der Waals surface area contributed by atoms with E-state index in [9.17, 15) is 14.4 Å². The molecule has 0 spiro atoms. The van der Waals surface area contributed by atoms with Gasteiger partial charge in [-0.05, 0) is 20.8 Å². The molecule has 0 aromatic rings. The molecule has 0 bridgehead atoms. The van der Waals surface area contributed by atoms with Crippen LogP contribution in [0.3, 0.4) is 0 Å². The van der Waals surface area contributed by atoms with E-state index in [1.165, 1.54) is 0 Å². The Labute approximate surface area is 111 Å². The Morgan fingerprint density at radius 1 is 1.26 bits per heavy atom. The van der Waals surface area contributed by atoms with Gasteiger partial charge >= 0.3 is 18.0 Å². The van der Waals surface area contributed by atoms with Gasteiger partial charge in [0.25, 0.3) is 0 Å². The van der Waals surface area contributed by atoms with Crippen molar-refractivity contribution in [2.45, 2.75) is 38.8 Å². The molecule has 8 nitrogen and oxygen atoms in total. The maximum atomic E-state index is 11.5. The minimum absolute atomic E-state index is 0.173. The zero-order chi connectivity index (χ0) is 15.1. The van der Waals surface area contributed by atoms with Gasteiger partial charge in [-0.1, -0.05) is 0 Å². The summed E-state index contributed by atoms with van der Waals surface area (Å²) < 4.78 is 5.34. The molecule has 0 aliphatic carbocycles. The van der Waals surface area contributed by atoms with E-state index in [2.05, 4.69) is 10.6 Å². The zero-order valence-corrected chi connectivity index (χ0v) is 11.2. The number of aliphatic carboxylic acids is 2. The second-order valence-electron chi connectivity index (χ2n) is 4.51. The van der Waals surface area contributed by atoms with Gasteiger partial charge in [0.1, 0.15) is 6.04 Å². The largest absolute Gasteiger partial charge is 0.481 e. The third kappa shape index (κ3) is 7.98. The quantitative estimate of drug-likeness (QED) is 0.495. The lowest BCUT2D eigenvalue weighted by Gasteiger charge is -2.25. The first-order valence-electron chi connectivity index (χ1n) is 5.81. The lowest BCUT2D eigenvalue weighted by molar-refractivity contribution is -0.145. The molecule has 1 unspecified atom stereocenters. The van der Waals surface area contributed by atoms with E-state index in [1.807, 2.05) is 6.92 Å². The summed E-state index contributed by atoms with van der Waals surface area (Å²) in [5.74, 6) is -2.70. The summed E-state index contributed by atoms with van der Waals surface area (Å²) in [7, 11) is 0. The molecule has 0 aliphatic heterocycles. The average molecular weight is 276 g/mol. The Hall–Kier alpha value is -1.83. The Balaban J connectivity index is 4.27. The van der Waals surface area contributed by atoms with E-state index in [4.69, 9.17) is 14.9 Å². The van der Waals surface area contributed by atoms with E-state index in [-0.39, 0.29) is 6.54 Å². The number of carbonyl (C=O) groups excluding carboxylic acids is 1. The first kappa shape index (κ1) is 17.2. The van der Waals surface area contributed by atoms with Crippen LogP contribution in [0, 0.1) is 0 Å². The smallest absolute Gasteiger partial charge is 0.326 e. The van der Waals surface area contributed by atoms with Gasteiger partial charge in [0, 0.05) is 13.2 Å². The molecule has 4 N–H and O–H groups in total. The molecule has 0 aliphatic rings. The molecule has 0 saturated carbocycles. The summed E-state index contributed by atoms with van der Waals surface area (Å²) in [6.45, 7) is 6.00. The number of hydrogen-bond acceptors (Lipinski definition) is 4. The van der Waals surface area contributed by atoms with Crippen molar-refractivity contribution in [2.75, 3.05) is 13.2 Å². The van der Waals surface area contributed by atoms with Crippen LogP contribution in [-0.4, -0.2) is 53.0 Å². The molecular formula is C11H20N2O6. The molecule has 1 atom stereocenters. The Morgan fingerprint density at radius 3 is 2.26 bits per heavy atom. The summed E-state index contributed by atoms with van der Waals surface area (Å²) in [4.78, 5) is 32.6. The fourth-order valence-electron chi connectivity index (χ4n) is 1.32. The molecule has 0 aromatic heterocycles. The highest BCUT2D eigenvalue weighted by atomic mass is 16.5. The highest BCUT2D eigenvalue weighted by Crippen LogP contribution is 2.06. The first-order chi connectivity index (χ1) is 8.68. The van der Waals surface area contributed by atoms with Crippen molar-refractivity contribution >= 4 is 18.0 Å². The van der Waals surface area contributed by atoms with Gasteiger partial charge in [0.2, 0.25) is 0 Å². The second kappa shape index (κ2) is 7.57. The van der Waals surface area contributed by atoms with Crippen molar-refractivity contribution in [3.8, 4) is 0 Å². The van der Waals surface area contributed by atoms with Crippen LogP contribution >= 0.6 is 0 Å². The fourth-order valence-corrected chi connectivity index (χ4v) is 1.32. The number of ether oxygens (including phenoxy) is 1. The topological polar surface area (TPSA) is 125 Å². The van der Waals surface area contributed by atoms with Crippen LogP contribution in [0.15, 0.2) is 0 Å². The van der Waals surface area contributed by atoms with Crippen molar-refractivity contribution in [1.82, 2.24) is 10.6 Å². The van der Waals surface area contributed by atoms with Gasteiger partial charge in [-0.2, -0.15) is 0 Å². The van der Waals surface area contributed by atoms with E-state index in [0.29, 0.717) is 6.61 Å². The molecule has 8 heteroatoms. The third-order valence-electron chi connectivity index (χ3n) is 2.19. The molecule has 0 radical (unpaired) electrons. The number of carbonyl (C=O) groups is 3. The van der Waals surface area contributed by atoms with Crippen LogP contribution < -0.4 is 10.6 Å². The Kier molecular flexibility index (Phi) is 6.84. The molecule has 0 fully saturated rings. The minimum atomic E-state index is -1.47. The van der Waals surface area contributed by atoms with Gasteiger partial charge in [0.15, 0.2) is 0 Å². The van der Waals surface area contributed by atoms with Crippen molar-refractivity contribution in [3.63, 3.8) is 0 Å². The number of amides is 2. The monoisotopic (exact) mass is 276 g/mol. The Bertz CT molecular complexity index is 342. The van der Waals surface area contributed by atoms with Gasteiger partial charge in [-0.3, -0.25) is 4.79 Å². The number of nitrogens with one attached hydrogen (secondary N) is 2. The number of carboxylic acids is 2. The molecular weight excluding hydrogens is 256 g/mol. The van der Waals surface area contributed by atoms with Crippen LogP contribution in [0.25, 0.3) is 0 Å². The van der Waals surface area contributed by atoms with Gasteiger partial charge in [-0.15, -0.1) is 0 Å². The molecule has 110 valence electrons. The van der Waals surface area contributed by atoms with E-state index >= 15 is 0 Å². The lowest BCUT2D eigenvalue weighted by atomic mass is 10.1. The van der Waals surface area contributed by atoms with Gasteiger partial charge < -0.3 is 25.6 Å². The standard InChI is InChI=1S/C11H20N2O6/c1-4-19-11(2,3)6-12-10(18)13-7(9(16)17)5-8(14)15/h7H,4-6H2,1-3H3,(H,14,15)(H,16,17)(H2,12,13,18). The maximum absolute atomic E-state index is 11.5. The van der Waals surface area contributed by atoms with Crippen molar-refractivity contribution in [3.05, 3.63) is 0 Å². The van der Waals surface area contributed by atoms with E-state index < -0.39 is 36.0 Å². The number of carboxylic acid groups (broad SMARTS) is 2. The highest BCUT2D eigenvalue weighted by Gasteiger charge is 2.24.